The Labute approximate surface area is 132 Å². The first kappa shape index (κ1) is 14.2. The largest absolute Gasteiger partial charge is 0.280 e. The monoisotopic (exact) mass is 317 g/mol. The maximum atomic E-state index is 12.8. The second-order valence-corrected chi connectivity index (χ2v) is 5.89. The molecule has 0 aliphatic rings. The van der Waals surface area contributed by atoms with Crippen molar-refractivity contribution < 1.29 is 4.79 Å². The minimum atomic E-state index is -0.0652. The summed E-state index contributed by atoms with van der Waals surface area (Å²) < 4.78 is 1.73. The van der Waals surface area contributed by atoms with Gasteiger partial charge in [-0.05, 0) is 61.9 Å². The molecule has 1 heterocycles. The Balaban J connectivity index is 2.22. The first-order valence-electron chi connectivity index (χ1n) is 6.56. The molecule has 106 valence electrons. The maximum Gasteiger partial charge on any atom is 0.262 e. The molecule has 0 N–H and O–H groups in total. The van der Waals surface area contributed by atoms with Crippen LogP contribution in [0.3, 0.4) is 0 Å². The zero-order valence-corrected chi connectivity index (χ0v) is 13.2. The van der Waals surface area contributed by atoms with Crippen molar-refractivity contribution in [2.75, 3.05) is 0 Å². The number of halogens is 2. The first-order chi connectivity index (χ1) is 9.99. The van der Waals surface area contributed by atoms with Gasteiger partial charge in [-0.3, -0.25) is 9.36 Å². The van der Waals surface area contributed by atoms with Gasteiger partial charge in [0.2, 0.25) is 0 Å². The molecule has 4 heteroatoms. The molecule has 2 aromatic carbocycles. The van der Waals surface area contributed by atoms with Gasteiger partial charge in [0, 0.05) is 26.7 Å². The van der Waals surface area contributed by atoms with E-state index in [2.05, 4.69) is 0 Å². The van der Waals surface area contributed by atoms with Gasteiger partial charge in [0.25, 0.3) is 5.91 Å². The highest BCUT2D eigenvalue weighted by molar-refractivity contribution is 6.31. The van der Waals surface area contributed by atoms with E-state index in [-0.39, 0.29) is 5.91 Å². The molecule has 21 heavy (non-hydrogen) atoms. The van der Waals surface area contributed by atoms with Crippen LogP contribution in [0.5, 0.6) is 0 Å². The van der Waals surface area contributed by atoms with Gasteiger partial charge in [-0.25, -0.2) is 0 Å². The van der Waals surface area contributed by atoms with Gasteiger partial charge in [0.05, 0.1) is 5.52 Å². The van der Waals surface area contributed by atoms with E-state index in [0.29, 0.717) is 15.6 Å². The summed E-state index contributed by atoms with van der Waals surface area (Å²) in [5.41, 5.74) is 3.46. The third-order valence-corrected chi connectivity index (χ3v) is 4.26. The Hall–Kier alpha value is -1.77. The van der Waals surface area contributed by atoms with Gasteiger partial charge in [-0.2, -0.15) is 0 Å². The van der Waals surface area contributed by atoms with Crippen LogP contribution in [0.25, 0.3) is 10.9 Å². The molecule has 0 amide bonds. The van der Waals surface area contributed by atoms with E-state index in [1.807, 2.05) is 26.0 Å². The fraction of sp³-hybridized carbons (Fsp3) is 0.118. The second-order valence-electron chi connectivity index (χ2n) is 5.02. The normalized spacial score (nSPS) is 11.0. The third kappa shape index (κ3) is 2.35. The van der Waals surface area contributed by atoms with Gasteiger partial charge >= 0.3 is 0 Å². The van der Waals surface area contributed by atoms with E-state index in [1.165, 1.54) is 0 Å². The van der Waals surface area contributed by atoms with Crippen LogP contribution >= 0.6 is 23.2 Å². The van der Waals surface area contributed by atoms with Crippen molar-refractivity contribution in [3.63, 3.8) is 0 Å². The fourth-order valence-electron chi connectivity index (χ4n) is 2.53. The summed E-state index contributed by atoms with van der Waals surface area (Å²) in [5, 5.41) is 2.28. The van der Waals surface area contributed by atoms with Crippen LogP contribution in [0.15, 0.2) is 42.5 Å². The Morgan fingerprint density at radius 2 is 1.57 bits per heavy atom. The number of fused-ring (bicyclic) bond motifs is 1. The van der Waals surface area contributed by atoms with Crippen molar-refractivity contribution >= 4 is 40.0 Å². The quantitative estimate of drug-likeness (QED) is 0.600. The highest BCUT2D eigenvalue weighted by atomic mass is 35.5. The zero-order valence-electron chi connectivity index (χ0n) is 11.7. The van der Waals surface area contributed by atoms with Crippen molar-refractivity contribution in [3.05, 3.63) is 69.3 Å². The predicted molar refractivity (Wildman–Crippen MR) is 87.6 cm³/mol. The molecular formula is C17H13Cl2NO. The molecule has 3 aromatic rings. The lowest BCUT2D eigenvalue weighted by Crippen LogP contribution is -2.13. The molecule has 0 saturated heterocycles. The third-order valence-electron chi connectivity index (χ3n) is 3.78. The number of aryl methyl sites for hydroxylation is 1. The van der Waals surface area contributed by atoms with Crippen molar-refractivity contribution in [1.29, 1.82) is 0 Å². The molecule has 0 bridgehead atoms. The number of hydrogen-bond acceptors (Lipinski definition) is 1. The molecule has 0 spiro atoms. The van der Waals surface area contributed by atoms with Gasteiger partial charge in [-0.15, -0.1) is 0 Å². The van der Waals surface area contributed by atoms with E-state index in [9.17, 15) is 4.79 Å². The molecule has 0 atom stereocenters. The highest BCUT2D eigenvalue weighted by Gasteiger charge is 2.17. The lowest BCUT2D eigenvalue weighted by atomic mass is 10.2. The van der Waals surface area contributed by atoms with E-state index in [4.69, 9.17) is 23.2 Å². The van der Waals surface area contributed by atoms with Crippen LogP contribution in [-0.4, -0.2) is 10.5 Å². The summed E-state index contributed by atoms with van der Waals surface area (Å²) in [6.07, 6.45) is 0. The number of rotatable bonds is 1. The number of benzene rings is 2. The Morgan fingerprint density at radius 3 is 2.24 bits per heavy atom. The molecule has 0 fully saturated rings. The fourth-order valence-corrected chi connectivity index (χ4v) is 2.83. The topological polar surface area (TPSA) is 22.0 Å². The van der Waals surface area contributed by atoms with Gasteiger partial charge in [-0.1, -0.05) is 23.2 Å². The van der Waals surface area contributed by atoms with Gasteiger partial charge in [0.15, 0.2) is 0 Å². The summed E-state index contributed by atoms with van der Waals surface area (Å²) in [6, 6.07) is 12.5. The summed E-state index contributed by atoms with van der Waals surface area (Å²) >= 11 is 11.9. The van der Waals surface area contributed by atoms with E-state index in [1.54, 1.807) is 34.9 Å². The number of nitrogens with zero attached hydrogens (tertiary/aromatic N) is 1. The highest BCUT2D eigenvalue weighted by Crippen LogP contribution is 2.28. The molecule has 3 rings (SSSR count). The molecule has 0 unspecified atom stereocenters. The van der Waals surface area contributed by atoms with E-state index >= 15 is 0 Å². The smallest absolute Gasteiger partial charge is 0.262 e. The molecule has 0 aliphatic heterocycles. The van der Waals surface area contributed by atoms with Crippen molar-refractivity contribution in [2.24, 2.45) is 0 Å². The second kappa shape index (κ2) is 5.21. The Morgan fingerprint density at radius 1 is 0.952 bits per heavy atom. The molecule has 0 saturated carbocycles. The van der Waals surface area contributed by atoms with Crippen molar-refractivity contribution in [3.8, 4) is 0 Å². The Kier molecular flexibility index (Phi) is 3.52. The first-order valence-corrected chi connectivity index (χ1v) is 7.32. The number of aromatic nitrogens is 1. The van der Waals surface area contributed by atoms with Gasteiger partial charge < -0.3 is 0 Å². The summed E-state index contributed by atoms with van der Waals surface area (Å²) in [7, 11) is 0. The summed E-state index contributed by atoms with van der Waals surface area (Å²) in [4.78, 5) is 12.8. The standard InChI is InChI=1S/C17H13Cl2NO/c1-10-11(2)20(16-8-7-14(19)9-15(10)16)17(21)12-3-5-13(18)6-4-12/h3-9H,1-2H3. The number of carbonyl (C=O) groups is 1. The van der Waals surface area contributed by atoms with Crippen LogP contribution < -0.4 is 0 Å². The van der Waals surface area contributed by atoms with Crippen molar-refractivity contribution in [1.82, 2.24) is 4.57 Å². The minimum absolute atomic E-state index is 0.0652. The van der Waals surface area contributed by atoms with Crippen LogP contribution in [0.4, 0.5) is 0 Å². The van der Waals surface area contributed by atoms with Crippen molar-refractivity contribution in [2.45, 2.75) is 13.8 Å². The molecule has 0 aliphatic carbocycles. The van der Waals surface area contributed by atoms with Crippen LogP contribution in [0, 0.1) is 13.8 Å². The average Bonchev–Trinajstić information content (AvgIpc) is 2.71. The average molecular weight is 318 g/mol. The van der Waals surface area contributed by atoms with Crippen LogP contribution in [0.1, 0.15) is 21.6 Å². The zero-order chi connectivity index (χ0) is 15.1. The molecule has 1 aromatic heterocycles. The summed E-state index contributed by atoms with van der Waals surface area (Å²) in [6.45, 7) is 3.94. The Bertz CT molecular complexity index is 847. The molecule has 0 radical (unpaired) electrons. The number of hydrogen-bond donors (Lipinski definition) is 0. The van der Waals surface area contributed by atoms with E-state index < -0.39 is 0 Å². The van der Waals surface area contributed by atoms with Crippen LogP contribution in [0.2, 0.25) is 10.0 Å². The minimum Gasteiger partial charge on any atom is -0.280 e. The van der Waals surface area contributed by atoms with Crippen LogP contribution in [-0.2, 0) is 0 Å². The maximum absolute atomic E-state index is 12.8. The predicted octanol–water partition coefficient (Wildman–Crippen LogP) is 5.25. The SMILES string of the molecule is Cc1c(C)n(C(=O)c2ccc(Cl)cc2)c2ccc(Cl)cc12. The van der Waals surface area contributed by atoms with Gasteiger partial charge in [0.1, 0.15) is 0 Å². The summed E-state index contributed by atoms with van der Waals surface area (Å²) in [5.74, 6) is -0.0652. The molecule has 2 nitrogen and oxygen atoms in total. The number of carbonyl (C=O) groups excluding carboxylic acids is 1. The lowest BCUT2D eigenvalue weighted by Gasteiger charge is -2.07. The molecular weight excluding hydrogens is 305 g/mol. The lowest BCUT2D eigenvalue weighted by molar-refractivity contribution is 0.0963. The van der Waals surface area contributed by atoms with E-state index in [0.717, 1.165) is 22.2 Å².